The van der Waals surface area contributed by atoms with Gasteiger partial charge in [0.1, 0.15) is 0 Å². The summed E-state index contributed by atoms with van der Waals surface area (Å²) in [6, 6.07) is 2.92. The Balaban J connectivity index is 0.000000845. The van der Waals surface area contributed by atoms with E-state index in [0.29, 0.717) is 5.52 Å². The van der Waals surface area contributed by atoms with Gasteiger partial charge in [0.15, 0.2) is 11.5 Å². The fraction of sp³-hybridized carbons (Fsp3) is 0.125. The monoisotopic (exact) mass is 244 g/mol. The molecule has 4 nitrogen and oxygen atoms in total. The Morgan fingerprint density at radius 2 is 1.85 bits per heavy atom. The molecule has 0 atom stereocenters. The van der Waals surface area contributed by atoms with Crippen LogP contribution < -0.4 is 0 Å². The molecule has 1 heterocycles. The number of imidazole rings is 1. The summed E-state index contributed by atoms with van der Waals surface area (Å²) in [5, 5.41) is 18.3. The molecule has 0 radical (unpaired) electrons. The highest BCUT2D eigenvalue weighted by atomic mass is 79.9. The van der Waals surface area contributed by atoms with E-state index in [1.54, 1.807) is 10.9 Å². The summed E-state index contributed by atoms with van der Waals surface area (Å²) >= 11 is 0. The van der Waals surface area contributed by atoms with Crippen LogP contribution in [0.5, 0.6) is 11.5 Å². The summed E-state index contributed by atoms with van der Waals surface area (Å²) < 4.78 is 1.77. The summed E-state index contributed by atoms with van der Waals surface area (Å²) in [7, 11) is 1.83. The number of hydrogen-bond donors (Lipinski definition) is 2. The number of aromatic hydroxyl groups is 2. The van der Waals surface area contributed by atoms with E-state index in [9.17, 15) is 0 Å². The summed E-state index contributed by atoms with van der Waals surface area (Å²) in [6.07, 6.45) is 1.63. The van der Waals surface area contributed by atoms with Gasteiger partial charge in [-0.25, -0.2) is 4.98 Å². The van der Waals surface area contributed by atoms with Crippen molar-refractivity contribution in [1.82, 2.24) is 9.55 Å². The Morgan fingerprint density at radius 1 is 1.23 bits per heavy atom. The lowest BCUT2D eigenvalue weighted by Crippen LogP contribution is -1.82. The predicted octanol–water partition coefficient (Wildman–Crippen LogP) is 1.56. The first-order valence-corrected chi connectivity index (χ1v) is 3.51. The van der Waals surface area contributed by atoms with Crippen molar-refractivity contribution in [2.24, 2.45) is 7.05 Å². The van der Waals surface area contributed by atoms with Crippen LogP contribution in [0.4, 0.5) is 0 Å². The molecule has 0 fully saturated rings. The van der Waals surface area contributed by atoms with Crippen LogP contribution in [0.3, 0.4) is 0 Å². The van der Waals surface area contributed by atoms with Gasteiger partial charge in [-0.2, -0.15) is 0 Å². The SMILES string of the molecule is Br.Cn1cnc2cc(O)c(O)cc21. The molecule has 1 aromatic heterocycles. The first-order valence-electron chi connectivity index (χ1n) is 3.51. The third-order valence-corrected chi connectivity index (χ3v) is 1.82. The van der Waals surface area contributed by atoms with Gasteiger partial charge in [0.25, 0.3) is 0 Å². The van der Waals surface area contributed by atoms with Crippen molar-refractivity contribution in [2.45, 2.75) is 0 Å². The summed E-state index contributed by atoms with van der Waals surface area (Å²) in [4.78, 5) is 4.01. The molecular weight excluding hydrogens is 236 g/mol. The van der Waals surface area contributed by atoms with Gasteiger partial charge >= 0.3 is 0 Å². The highest BCUT2D eigenvalue weighted by Gasteiger charge is 2.04. The molecule has 0 aliphatic carbocycles. The summed E-state index contributed by atoms with van der Waals surface area (Å²) in [5.74, 6) is -0.257. The maximum Gasteiger partial charge on any atom is 0.159 e. The summed E-state index contributed by atoms with van der Waals surface area (Å²) in [6.45, 7) is 0. The van der Waals surface area contributed by atoms with Gasteiger partial charge in [0.05, 0.1) is 17.4 Å². The van der Waals surface area contributed by atoms with Crippen LogP contribution in [0.15, 0.2) is 18.5 Å². The molecule has 70 valence electrons. The lowest BCUT2D eigenvalue weighted by Gasteiger charge is -1.97. The van der Waals surface area contributed by atoms with Gasteiger partial charge in [-0.15, -0.1) is 17.0 Å². The number of phenols is 2. The molecule has 0 bridgehead atoms. The van der Waals surface area contributed by atoms with Gasteiger partial charge in [0.2, 0.25) is 0 Å². The highest BCUT2D eigenvalue weighted by Crippen LogP contribution is 2.28. The van der Waals surface area contributed by atoms with Crippen molar-refractivity contribution in [3.8, 4) is 11.5 Å². The van der Waals surface area contributed by atoms with Crippen LogP contribution in [-0.2, 0) is 7.05 Å². The lowest BCUT2D eigenvalue weighted by molar-refractivity contribution is 0.404. The second-order valence-electron chi connectivity index (χ2n) is 2.69. The van der Waals surface area contributed by atoms with E-state index < -0.39 is 0 Å². The first kappa shape index (κ1) is 9.85. The molecule has 0 aliphatic heterocycles. The standard InChI is InChI=1S/C8H8N2O2.BrH/c1-10-4-9-5-2-7(11)8(12)3-6(5)10;/h2-4,11-12H,1H3;1H. The molecule has 0 unspecified atom stereocenters. The number of aryl methyl sites for hydroxylation is 1. The van der Waals surface area contributed by atoms with E-state index in [1.807, 2.05) is 7.05 Å². The number of phenolic OH excluding ortho intramolecular Hbond substituents is 2. The molecular formula is C8H9BrN2O2. The molecule has 2 rings (SSSR count). The highest BCUT2D eigenvalue weighted by molar-refractivity contribution is 8.93. The molecule has 0 spiro atoms. The fourth-order valence-electron chi connectivity index (χ4n) is 1.15. The smallest absolute Gasteiger partial charge is 0.159 e. The van der Waals surface area contributed by atoms with Gasteiger partial charge in [0, 0.05) is 19.2 Å². The number of benzene rings is 1. The lowest BCUT2D eigenvalue weighted by atomic mass is 10.3. The van der Waals surface area contributed by atoms with Crippen molar-refractivity contribution in [3.63, 3.8) is 0 Å². The zero-order chi connectivity index (χ0) is 8.72. The van der Waals surface area contributed by atoms with Crippen molar-refractivity contribution < 1.29 is 10.2 Å². The largest absolute Gasteiger partial charge is 0.504 e. The fourth-order valence-corrected chi connectivity index (χ4v) is 1.15. The third-order valence-electron chi connectivity index (χ3n) is 1.82. The van der Waals surface area contributed by atoms with Crippen LogP contribution in [0.2, 0.25) is 0 Å². The average Bonchev–Trinajstić information content (AvgIpc) is 2.35. The predicted molar refractivity (Wildman–Crippen MR) is 54.4 cm³/mol. The second kappa shape index (κ2) is 3.26. The maximum atomic E-state index is 9.17. The minimum atomic E-state index is -0.138. The van der Waals surface area contributed by atoms with Crippen molar-refractivity contribution >= 4 is 28.0 Å². The topological polar surface area (TPSA) is 58.3 Å². The Labute approximate surface area is 85.2 Å². The Kier molecular flexibility index (Phi) is 2.47. The molecule has 5 heteroatoms. The van der Waals surface area contributed by atoms with Crippen molar-refractivity contribution in [2.75, 3.05) is 0 Å². The number of nitrogens with zero attached hydrogens (tertiary/aromatic N) is 2. The number of rotatable bonds is 0. The molecule has 13 heavy (non-hydrogen) atoms. The van der Waals surface area contributed by atoms with Crippen LogP contribution >= 0.6 is 17.0 Å². The van der Waals surface area contributed by atoms with E-state index in [1.165, 1.54) is 12.1 Å². The van der Waals surface area contributed by atoms with E-state index in [4.69, 9.17) is 10.2 Å². The van der Waals surface area contributed by atoms with Gasteiger partial charge in [-0.1, -0.05) is 0 Å². The zero-order valence-electron chi connectivity index (χ0n) is 6.93. The van der Waals surface area contributed by atoms with Gasteiger partial charge < -0.3 is 14.8 Å². The Bertz CT molecular complexity index is 439. The van der Waals surface area contributed by atoms with E-state index >= 15 is 0 Å². The molecule has 0 amide bonds. The van der Waals surface area contributed by atoms with Crippen molar-refractivity contribution in [3.05, 3.63) is 18.5 Å². The average molecular weight is 245 g/mol. The second-order valence-corrected chi connectivity index (χ2v) is 2.69. The number of aromatic nitrogens is 2. The number of hydrogen-bond acceptors (Lipinski definition) is 3. The molecule has 1 aromatic carbocycles. The normalized spacial score (nSPS) is 9.92. The number of fused-ring (bicyclic) bond motifs is 1. The van der Waals surface area contributed by atoms with Crippen LogP contribution in [0.1, 0.15) is 0 Å². The molecule has 0 saturated carbocycles. The minimum Gasteiger partial charge on any atom is -0.504 e. The quantitative estimate of drug-likeness (QED) is 0.692. The van der Waals surface area contributed by atoms with Gasteiger partial charge in [-0.3, -0.25) is 0 Å². The van der Waals surface area contributed by atoms with E-state index in [0.717, 1.165) is 5.52 Å². The van der Waals surface area contributed by atoms with Crippen molar-refractivity contribution in [1.29, 1.82) is 0 Å². The summed E-state index contributed by atoms with van der Waals surface area (Å²) in [5.41, 5.74) is 1.47. The Hall–Kier alpha value is -1.23. The van der Waals surface area contributed by atoms with Gasteiger partial charge in [-0.05, 0) is 0 Å². The zero-order valence-corrected chi connectivity index (χ0v) is 8.64. The first-order chi connectivity index (χ1) is 5.68. The molecule has 0 aliphatic rings. The molecule has 0 saturated heterocycles. The number of halogens is 1. The maximum absolute atomic E-state index is 9.17. The third kappa shape index (κ3) is 1.47. The Morgan fingerprint density at radius 3 is 2.54 bits per heavy atom. The minimum absolute atomic E-state index is 0. The van der Waals surface area contributed by atoms with Crippen LogP contribution in [0, 0.1) is 0 Å². The molecule has 2 aromatic rings. The van der Waals surface area contributed by atoms with Crippen LogP contribution in [-0.4, -0.2) is 19.8 Å². The van der Waals surface area contributed by atoms with Crippen LogP contribution in [0.25, 0.3) is 11.0 Å². The molecule has 2 N–H and O–H groups in total. The van der Waals surface area contributed by atoms with E-state index in [-0.39, 0.29) is 28.5 Å². The van der Waals surface area contributed by atoms with E-state index in [2.05, 4.69) is 4.98 Å².